The minimum atomic E-state index is -1.13. The van der Waals surface area contributed by atoms with E-state index < -0.39 is 35.4 Å². The summed E-state index contributed by atoms with van der Waals surface area (Å²) in [6, 6.07) is 10.8. The van der Waals surface area contributed by atoms with Crippen molar-refractivity contribution in [3.05, 3.63) is 71.3 Å². The van der Waals surface area contributed by atoms with Crippen LogP contribution in [0.3, 0.4) is 0 Å². The van der Waals surface area contributed by atoms with Gasteiger partial charge in [-0.05, 0) is 61.1 Å². The van der Waals surface area contributed by atoms with Gasteiger partial charge in [-0.1, -0.05) is 24.3 Å². The van der Waals surface area contributed by atoms with Crippen LogP contribution in [0.2, 0.25) is 0 Å². The van der Waals surface area contributed by atoms with Crippen molar-refractivity contribution in [3.8, 4) is 0 Å². The second kappa shape index (κ2) is 8.36. The fourth-order valence-electron chi connectivity index (χ4n) is 3.95. The Morgan fingerprint density at radius 3 is 2.06 bits per heavy atom. The molecule has 0 unspecified atom stereocenters. The summed E-state index contributed by atoms with van der Waals surface area (Å²) < 4.78 is 32.6. The lowest BCUT2D eigenvalue weighted by molar-refractivity contribution is -0.132. The molecule has 2 aliphatic rings. The Hall–Kier alpha value is -2.84. The molecule has 164 valence electrons. The molecule has 1 heterocycles. The van der Waals surface area contributed by atoms with E-state index in [9.17, 15) is 23.5 Å². The van der Waals surface area contributed by atoms with Gasteiger partial charge in [0, 0.05) is 0 Å². The van der Waals surface area contributed by atoms with Gasteiger partial charge >= 0.3 is 6.03 Å². The maximum Gasteiger partial charge on any atom is 0.325 e. The molecule has 6 nitrogen and oxygen atoms in total. The first-order valence-corrected chi connectivity index (χ1v) is 10.2. The van der Waals surface area contributed by atoms with E-state index in [1.54, 1.807) is 31.2 Å². The van der Waals surface area contributed by atoms with Gasteiger partial charge in [0.15, 0.2) is 0 Å². The molecule has 2 aromatic rings. The Balaban J connectivity index is 1.44. The Morgan fingerprint density at radius 2 is 1.58 bits per heavy atom. The molecule has 1 aliphatic carbocycles. The molecule has 2 N–H and O–H groups in total. The summed E-state index contributed by atoms with van der Waals surface area (Å²) in [5.74, 6) is -1.02. The predicted octanol–water partition coefficient (Wildman–Crippen LogP) is 3.15. The number of hydrogen-bond acceptors (Lipinski definition) is 4. The van der Waals surface area contributed by atoms with E-state index in [4.69, 9.17) is 4.74 Å². The van der Waals surface area contributed by atoms with Gasteiger partial charge in [-0.15, -0.1) is 0 Å². The monoisotopic (exact) mass is 430 g/mol. The van der Waals surface area contributed by atoms with Gasteiger partial charge in [-0.3, -0.25) is 9.69 Å². The van der Waals surface area contributed by atoms with Crippen molar-refractivity contribution in [2.45, 2.75) is 37.5 Å². The highest BCUT2D eigenvalue weighted by Gasteiger charge is 2.56. The summed E-state index contributed by atoms with van der Waals surface area (Å²) in [4.78, 5) is 26.0. The Kier molecular flexibility index (Phi) is 5.77. The van der Waals surface area contributed by atoms with Crippen LogP contribution >= 0.6 is 0 Å². The summed E-state index contributed by atoms with van der Waals surface area (Å²) in [6.45, 7) is 1.33. The number of urea groups is 1. The number of hydrogen-bond donors (Lipinski definition) is 2. The number of rotatable bonds is 8. The Labute approximate surface area is 178 Å². The van der Waals surface area contributed by atoms with E-state index >= 15 is 0 Å². The highest BCUT2D eigenvalue weighted by Crippen LogP contribution is 2.42. The fraction of sp³-hybridized carbons (Fsp3) is 0.391. The van der Waals surface area contributed by atoms with Crippen molar-refractivity contribution in [3.63, 3.8) is 0 Å². The first kappa shape index (κ1) is 21.4. The van der Waals surface area contributed by atoms with Gasteiger partial charge in [-0.2, -0.15) is 0 Å². The molecular weight excluding hydrogens is 406 g/mol. The molecule has 0 bridgehead atoms. The number of ether oxygens (including phenoxy) is 1. The van der Waals surface area contributed by atoms with Crippen LogP contribution in [0.4, 0.5) is 13.6 Å². The molecule has 3 amide bonds. The van der Waals surface area contributed by atoms with E-state index in [-0.39, 0.29) is 25.0 Å². The van der Waals surface area contributed by atoms with Gasteiger partial charge < -0.3 is 15.2 Å². The Morgan fingerprint density at radius 1 is 1.06 bits per heavy atom. The predicted molar refractivity (Wildman–Crippen MR) is 108 cm³/mol. The molecule has 2 atom stereocenters. The molecule has 1 aliphatic heterocycles. The van der Waals surface area contributed by atoms with Gasteiger partial charge in [0.2, 0.25) is 0 Å². The number of imide groups is 1. The minimum absolute atomic E-state index is 0.128. The number of nitrogens with zero attached hydrogens (tertiary/aromatic N) is 1. The third-order valence-electron chi connectivity index (χ3n) is 5.89. The standard InChI is InChI=1S/C23H24F2N2O4/c1-23(16-6-7-16)21(29)27(22(30)26-23)12-19(28)13-31-20(14-2-8-17(24)9-3-14)15-4-10-18(25)11-5-15/h2-5,8-11,16,19-20,28H,6-7,12-13H2,1H3,(H,26,30)/t19-,23-/m1/s1. The molecule has 2 fully saturated rings. The average molecular weight is 430 g/mol. The van der Waals surface area contributed by atoms with Crippen molar-refractivity contribution >= 4 is 11.9 Å². The van der Waals surface area contributed by atoms with Crippen LogP contribution in [-0.4, -0.2) is 46.7 Å². The zero-order valence-electron chi connectivity index (χ0n) is 17.1. The molecule has 1 saturated carbocycles. The van der Waals surface area contributed by atoms with Crippen LogP contribution in [0, 0.1) is 17.6 Å². The summed E-state index contributed by atoms with van der Waals surface area (Å²) in [5.41, 5.74) is 0.329. The quantitative estimate of drug-likeness (QED) is 0.631. The van der Waals surface area contributed by atoms with Crippen molar-refractivity contribution in [1.29, 1.82) is 0 Å². The van der Waals surface area contributed by atoms with Crippen molar-refractivity contribution in [2.75, 3.05) is 13.2 Å². The van der Waals surface area contributed by atoms with Gasteiger partial charge in [-0.25, -0.2) is 13.6 Å². The molecule has 1 saturated heterocycles. The number of amides is 3. The van der Waals surface area contributed by atoms with Crippen LogP contribution in [0.1, 0.15) is 37.0 Å². The zero-order valence-corrected chi connectivity index (χ0v) is 17.1. The number of halogens is 2. The third-order valence-corrected chi connectivity index (χ3v) is 5.89. The summed E-state index contributed by atoms with van der Waals surface area (Å²) in [6.07, 6.45) is -0.0340. The first-order valence-electron chi connectivity index (χ1n) is 10.2. The van der Waals surface area contributed by atoms with Crippen molar-refractivity contribution in [2.24, 2.45) is 5.92 Å². The number of benzene rings is 2. The van der Waals surface area contributed by atoms with Crippen LogP contribution in [0.25, 0.3) is 0 Å². The summed E-state index contributed by atoms with van der Waals surface area (Å²) in [7, 11) is 0. The second-order valence-corrected chi connectivity index (χ2v) is 8.29. The molecule has 2 aromatic carbocycles. The molecule has 0 radical (unpaired) electrons. The Bertz CT molecular complexity index is 917. The summed E-state index contributed by atoms with van der Waals surface area (Å²) in [5, 5.41) is 13.2. The largest absolute Gasteiger partial charge is 0.389 e. The molecular formula is C23H24F2N2O4. The van der Waals surface area contributed by atoms with E-state index in [1.807, 2.05) is 0 Å². The van der Waals surface area contributed by atoms with Crippen molar-refractivity contribution in [1.82, 2.24) is 10.2 Å². The number of β-amino-alcohol motifs (C(OH)–C–C–N with tert-alkyl or cyclic N) is 1. The van der Waals surface area contributed by atoms with Crippen LogP contribution in [0.15, 0.2) is 48.5 Å². The highest BCUT2D eigenvalue weighted by molar-refractivity contribution is 6.07. The maximum absolute atomic E-state index is 13.3. The number of carbonyl (C=O) groups excluding carboxylic acids is 2. The minimum Gasteiger partial charge on any atom is -0.389 e. The highest BCUT2D eigenvalue weighted by atomic mass is 19.1. The first-order chi connectivity index (χ1) is 14.8. The lowest BCUT2D eigenvalue weighted by atomic mass is 9.96. The number of nitrogens with one attached hydrogen (secondary N) is 1. The topological polar surface area (TPSA) is 78.9 Å². The van der Waals surface area contributed by atoms with E-state index in [2.05, 4.69) is 5.32 Å². The third kappa shape index (κ3) is 4.45. The molecule has 0 aromatic heterocycles. The van der Waals surface area contributed by atoms with Crippen LogP contribution < -0.4 is 5.32 Å². The summed E-state index contributed by atoms with van der Waals surface area (Å²) >= 11 is 0. The molecule has 8 heteroatoms. The smallest absolute Gasteiger partial charge is 0.325 e. The SMILES string of the molecule is C[C@]1(C2CC2)NC(=O)N(C[C@@H](O)COC(c2ccc(F)cc2)c2ccc(F)cc2)C1=O. The molecule has 4 rings (SSSR count). The van der Waals surface area contributed by atoms with Crippen LogP contribution in [-0.2, 0) is 9.53 Å². The molecule has 31 heavy (non-hydrogen) atoms. The average Bonchev–Trinajstić information content (AvgIpc) is 3.57. The van der Waals surface area contributed by atoms with Gasteiger partial charge in [0.1, 0.15) is 23.3 Å². The number of aliphatic hydroxyl groups excluding tert-OH is 1. The normalized spacial score (nSPS) is 22.2. The van der Waals surface area contributed by atoms with E-state index in [1.165, 1.54) is 24.3 Å². The van der Waals surface area contributed by atoms with Crippen LogP contribution in [0.5, 0.6) is 0 Å². The maximum atomic E-state index is 13.3. The van der Waals surface area contributed by atoms with E-state index in [0.29, 0.717) is 11.1 Å². The number of carbonyl (C=O) groups is 2. The van der Waals surface area contributed by atoms with Crippen molar-refractivity contribution < 1.29 is 28.2 Å². The second-order valence-electron chi connectivity index (χ2n) is 8.29. The molecule has 0 spiro atoms. The lowest BCUT2D eigenvalue weighted by Gasteiger charge is -2.24. The van der Waals surface area contributed by atoms with Gasteiger partial charge in [0.25, 0.3) is 5.91 Å². The van der Waals surface area contributed by atoms with E-state index in [0.717, 1.165) is 17.7 Å². The number of aliphatic hydroxyl groups is 1. The lowest BCUT2D eigenvalue weighted by Crippen LogP contribution is -2.46. The fourth-order valence-corrected chi connectivity index (χ4v) is 3.95. The van der Waals surface area contributed by atoms with Gasteiger partial charge in [0.05, 0.1) is 19.3 Å². The zero-order chi connectivity index (χ0) is 22.2.